The van der Waals surface area contributed by atoms with E-state index in [1.54, 1.807) is 0 Å². The van der Waals surface area contributed by atoms with Crippen molar-refractivity contribution in [1.29, 1.82) is 0 Å². The second kappa shape index (κ2) is 5.83. The van der Waals surface area contributed by atoms with Crippen molar-refractivity contribution in [2.45, 2.75) is 38.8 Å². The Balaban J connectivity index is 2.14. The summed E-state index contributed by atoms with van der Waals surface area (Å²) in [6.45, 7) is 6.71. The van der Waals surface area contributed by atoms with Crippen LogP contribution in [0.5, 0.6) is 0 Å². The van der Waals surface area contributed by atoms with Crippen LogP contribution in [0.4, 0.5) is 5.69 Å². The van der Waals surface area contributed by atoms with Crippen LogP contribution in [0.1, 0.15) is 26.7 Å². The topological polar surface area (TPSA) is 28.2 Å². The highest BCUT2D eigenvalue weighted by Crippen LogP contribution is 2.27. The highest BCUT2D eigenvalue weighted by molar-refractivity contribution is 9.10. The molecule has 0 saturated carbocycles. The van der Waals surface area contributed by atoms with E-state index in [2.05, 4.69) is 51.0 Å². The molecule has 0 bridgehead atoms. The third kappa shape index (κ3) is 3.19. The van der Waals surface area contributed by atoms with Gasteiger partial charge in [0.25, 0.3) is 0 Å². The first kappa shape index (κ1) is 12.8. The third-order valence-electron chi connectivity index (χ3n) is 3.26. The number of hydrogen-bond acceptors (Lipinski definition) is 3. The van der Waals surface area contributed by atoms with Crippen LogP contribution in [0, 0.1) is 0 Å². The van der Waals surface area contributed by atoms with Crippen LogP contribution in [0.15, 0.2) is 22.9 Å². The number of anilines is 1. The molecule has 2 rings (SSSR count). The quantitative estimate of drug-likeness (QED) is 0.926. The second-order valence-electron chi connectivity index (χ2n) is 4.87. The van der Waals surface area contributed by atoms with Gasteiger partial charge < -0.3 is 10.2 Å². The molecule has 1 aliphatic heterocycles. The summed E-state index contributed by atoms with van der Waals surface area (Å²) in [7, 11) is 0. The van der Waals surface area contributed by atoms with Gasteiger partial charge in [0.2, 0.25) is 0 Å². The molecule has 1 aromatic heterocycles. The zero-order valence-corrected chi connectivity index (χ0v) is 12.1. The summed E-state index contributed by atoms with van der Waals surface area (Å²) >= 11 is 3.59. The van der Waals surface area contributed by atoms with Crippen molar-refractivity contribution in [3.8, 4) is 0 Å². The first-order valence-corrected chi connectivity index (χ1v) is 7.07. The lowest BCUT2D eigenvalue weighted by Crippen LogP contribution is -2.41. The lowest BCUT2D eigenvalue weighted by molar-refractivity contribution is 0.552. The molecule has 4 heteroatoms. The van der Waals surface area contributed by atoms with Gasteiger partial charge in [-0.15, -0.1) is 0 Å². The fourth-order valence-corrected chi connectivity index (χ4v) is 2.82. The smallest absolute Gasteiger partial charge is 0.0592 e. The van der Waals surface area contributed by atoms with E-state index in [4.69, 9.17) is 0 Å². The molecule has 1 unspecified atom stereocenters. The number of rotatable bonds is 4. The van der Waals surface area contributed by atoms with E-state index in [0.29, 0.717) is 12.1 Å². The van der Waals surface area contributed by atoms with Crippen molar-refractivity contribution in [1.82, 2.24) is 10.3 Å². The lowest BCUT2D eigenvalue weighted by Gasteiger charge is -2.32. The Morgan fingerprint density at radius 2 is 2.41 bits per heavy atom. The number of aromatic nitrogens is 1. The Bertz CT molecular complexity index is 361. The van der Waals surface area contributed by atoms with Gasteiger partial charge in [0.1, 0.15) is 0 Å². The van der Waals surface area contributed by atoms with E-state index in [9.17, 15) is 0 Å². The molecule has 0 amide bonds. The molecule has 1 aliphatic rings. The molecule has 17 heavy (non-hydrogen) atoms. The van der Waals surface area contributed by atoms with Crippen molar-refractivity contribution in [3.63, 3.8) is 0 Å². The van der Waals surface area contributed by atoms with Crippen LogP contribution in [-0.2, 0) is 0 Å². The molecule has 0 radical (unpaired) electrons. The summed E-state index contributed by atoms with van der Waals surface area (Å²) in [6.07, 6.45) is 6.31. The molecule has 3 nitrogen and oxygen atoms in total. The summed E-state index contributed by atoms with van der Waals surface area (Å²) in [5.41, 5.74) is 1.24. The van der Waals surface area contributed by atoms with Crippen molar-refractivity contribution >= 4 is 21.6 Å². The minimum atomic E-state index is 0.496. The maximum atomic E-state index is 4.13. The Morgan fingerprint density at radius 3 is 3.00 bits per heavy atom. The van der Waals surface area contributed by atoms with E-state index >= 15 is 0 Å². The highest BCUT2D eigenvalue weighted by atomic mass is 79.9. The highest BCUT2D eigenvalue weighted by Gasteiger charge is 2.21. The molecule has 1 saturated heterocycles. The molecule has 0 spiro atoms. The van der Waals surface area contributed by atoms with Crippen molar-refractivity contribution in [2.24, 2.45) is 0 Å². The lowest BCUT2D eigenvalue weighted by atomic mass is 10.1. The summed E-state index contributed by atoms with van der Waals surface area (Å²) in [5.74, 6) is 0. The van der Waals surface area contributed by atoms with Gasteiger partial charge in [-0.1, -0.05) is 0 Å². The fourth-order valence-electron chi connectivity index (χ4n) is 2.34. The van der Waals surface area contributed by atoms with E-state index < -0.39 is 0 Å². The Labute approximate surface area is 112 Å². The van der Waals surface area contributed by atoms with Crippen LogP contribution in [0.25, 0.3) is 0 Å². The Hall–Kier alpha value is -0.610. The molecule has 2 heterocycles. The van der Waals surface area contributed by atoms with Gasteiger partial charge in [-0.25, -0.2) is 0 Å². The summed E-state index contributed by atoms with van der Waals surface area (Å²) in [6, 6.07) is 3.20. The Kier molecular flexibility index (Phi) is 4.40. The summed E-state index contributed by atoms with van der Waals surface area (Å²) in [5, 5.41) is 3.56. The van der Waals surface area contributed by atoms with E-state index in [-0.39, 0.29) is 0 Å². The van der Waals surface area contributed by atoms with Gasteiger partial charge in [0.15, 0.2) is 0 Å². The van der Waals surface area contributed by atoms with E-state index in [0.717, 1.165) is 17.6 Å². The van der Waals surface area contributed by atoms with Crippen molar-refractivity contribution in [2.75, 3.05) is 18.0 Å². The maximum absolute atomic E-state index is 4.13. The minimum Gasteiger partial charge on any atom is -0.367 e. The molecule has 94 valence electrons. The number of hydrogen-bond donors (Lipinski definition) is 1. The monoisotopic (exact) mass is 297 g/mol. The largest absolute Gasteiger partial charge is 0.367 e. The SMILES string of the molecule is CC(C)N(CC1CCCN1)c1ccncc1Br. The molecule has 1 fully saturated rings. The average molecular weight is 298 g/mol. The molecule has 1 aromatic rings. The average Bonchev–Trinajstić information content (AvgIpc) is 2.79. The second-order valence-corrected chi connectivity index (χ2v) is 5.72. The van der Waals surface area contributed by atoms with Gasteiger partial charge >= 0.3 is 0 Å². The molecular weight excluding hydrogens is 278 g/mol. The standard InChI is InChI=1S/C13H20BrN3/c1-10(2)17(9-11-4-3-6-16-11)13-5-7-15-8-12(13)14/h5,7-8,10-11,16H,3-4,6,9H2,1-2H3. The molecule has 1 N–H and O–H groups in total. The van der Waals surface area contributed by atoms with Gasteiger partial charge in [-0.3, -0.25) is 4.98 Å². The zero-order chi connectivity index (χ0) is 12.3. The summed E-state index contributed by atoms with van der Waals surface area (Å²) in [4.78, 5) is 6.57. The molecular formula is C13H20BrN3. The number of halogens is 1. The predicted octanol–water partition coefficient (Wildman–Crippen LogP) is 2.81. The van der Waals surface area contributed by atoms with E-state index in [1.807, 2.05) is 12.4 Å². The Morgan fingerprint density at radius 1 is 1.59 bits per heavy atom. The number of pyridine rings is 1. The fraction of sp³-hybridized carbons (Fsp3) is 0.615. The van der Waals surface area contributed by atoms with E-state index in [1.165, 1.54) is 18.5 Å². The molecule has 0 aromatic carbocycles. The van der Waals surface area contributed by atoms with Gasteiger partial charge in [0, 0.05) is 31.0 Å². The van der Waals surface area contributed by atoms with Gasteiger partial charge in [-0.05, 0) is 55.2 Å². The zero-order valence-electron chi connectivity index (χ0n) is 10.5. The minimum absolute atomic E-state index is 0.496. The normalized spacial score (nSPS) is 19.9. The predicted molar refractivity (Wildman–Crippen MR) is 75.4 cm³/mol. The first-order valence-electron chi connectivity index (χ1n) is 6.28. The number of nitrogens with zero attached hydrogens (tertiary/aromatic N) is 2. The van der Waals surface area contributed by atoms with Crippen LogP contribution >= 0.6 is 15.9 Å². The molecule has 1 atom stereocenters. The van der Waals surface area contributed by atoms with Crippen molar-refractivity contribution < 1.29 is 0 Å². The number of nitrogens with one attached hydrogen (secondary N) is 1. The van der Waals surface area contributed by atoms with Crippen LogP contribution in [-0.4, -0.2) is 30.2 Å². The molecule has 0 aliphatic carbocycles. The van der Waals surface area contributed by atoms with Crippen LogP contribution in [0.2, 0.25) is 0 Å². The van der Waals surface area contributed by atoms with Gasteiger partial charge in [0.05, 0.1) is 10.2 Å². The maximum Gasteiger partial charge on any atom is 0.0592 e. The first-order chi connectivity index (χ1) is 8.18. The van der Waals surface area contributed by atoms with Crippen LogP contribution < -0.4 is 10.2 Å². The van der Waals surface area contributed by atoms with Crippen molar-refractivity contribution in [3.05, 3.63) is 22.9 Å². The van der Waals surface area contributed by atoms with Crippen LogP contribution in [0.3, 0.4) is 0 Å². The van der Waals surface area contributed by atoms with Gasteiger partial charge in [-0.2, -0.15) is 0 Å². The summed E-state index contributed by atoms with van der Waals surface area (Å²) < 4.78 is 1.08. The third-order valence-corrected chi connectivity index (χ3v) is 3.87.